The second-order valence-electron chi connectivity index (χ2n) is 3.97. The summed E-state index contributed by atoms with van der Waals surface area (Å²) in [4.78, 5) is 35.8. The smallest absolute Gasteiger partial charge is 0.261 e. The van der Waals surface area contributed by atoms with Gasteiger partial charge in [-0.3, -0.25) is 19.3 Å². The third-order valence-corrected chi connectivity index (χ3v) is 3.09. The molecule has 17 heavy (non-hydrogen) atoms. The summed E-state index contributed by atoms with van der Waals surface area (Å²) in [7, 11) is 0. The molecule has 1 atom stereocenters. The summed E-state index contributed by atoms with van der Waals surface area (Å²) in [5.41, 5.74) is 0.762. The van der Waals surface area contributed by atoms with Crippen molar-refractivity contribution in [2.75, 3.05) is 6.54 Å². The van der Waals surface area contributed by atoms with Crippen LogP contribution < -0.4 is 0 Å². The van der Waals surface area contributed by atoms with Crippen LogP contribution in [0.3, 0.4) is 0 Å². The van der Waals surface area contributed by atoms with Gasteiger partial charge in [0, 0.05) is 12.5 Å². The fourth-order valence-electron chi connectivity index (χ4n) is 1.75. The largest absolute Gasteiger partial charge is 0.281 e. The fourth-order valence-corrected chi connectivity index (χ4v) is 1.82. The molecular formula is C12H10ClNO3. The first kappa shape index (κ1) is 11.8. The normalized spacial score (nSPS) is 16.0. The van der Waals surface area contributed by atoms with E-state index in [0.717, 1.165) is 4.90 Å². The molecule has 1 aromatic rings. The Bertz CT molecular complexity index is 477. The Labute approximate surface area is 103 Å². The van der Waals surface area contributed by atoms with Crippen molar-refractivity contribution in [1.29, 1.82) is 0 Å². The summed E-state index contributed by atoms with van der Waals surface area (Å²) in [5.74, 6) is -1.29. The minimum atomic E-state index is -0.557. The number of carbonyl (C=O) groups excluding carboxylic acids is 3. The van der Waals surface area contributed by atoms with Crippen molar-refractivity contribution in [1.82, 2.24) is 4.90 Å². The molecule has 4 nitrogen and oxygen atoms in total. The maximum Gasteiger partial charge on any atom is 0.261 e. The molecular weight excluding hydrogens is 242 g/mol. The Hall–Kier alpha value is -1.68. The van der Waals surface area contributed by atoms with E-state index < -0.39 is 11.2 Å². The van der Waals surface area contributed by atoms with E-state index in [2.05, 4.69) is 0 Å². The molecule has 0 saturated heterocycles. The molecule has 1 aliphatic heterocycles. The lowest BCUT2D eigenvalue weighted by molar-refractivity contribution is -0.114. The topological polar surface area (TPSA) is 54.5 Å². The third kappa shape index (κ3) is 1.96. The number of hydrogen-bond acceptors (Lipinski definition) is 3. The summed E-state index contributed by atoms with van der Waals surface area (Å²) in [6, 6.07) is 6.60. The van der Waals surface area contributed by atoms with Crippen LogP contribution in [0, 0.1) is 5.92 Å². The van der Waals surface area contributed by atoms with Gasteiger partial charge in [-0.1, -0.05) is 19.1 Å². The maximum absolute atomic E-state index is 11.9. The van der Waals surface area contributed by atoms with Gasteiger partial charge >= 0.3 is 0 Å². The minimum Gasteiger partial charge on any atom is -0.281 e. The highest BCUT2D eigenvalue weighted by atomic mass is 35.5. The number of imide groups is 1. The van der Waals surface area contributed by atoms with Gasteiger partial charge in [0.25, 0.3) is 11.8 Å². The zero-order chi connectivity index (χ0) is 12.6. The van der Waals surface area contributed by atoms with Gasteiger partial charge in [0.15, 0.2) is 0 Å². The second kappa shape index (κ2) is 4.30. The predicted molar refractivity (Wildman–Crippen MR) is 61.8 cm³/mol. The Morgan fingerprint density at radius 1 is 1.24 bits per heavy atom. The number of halogens is 1. The maximum atomic E-state index is 11.9. The summed E-state index contributed by atoms with van der Waals surface area (Å²) in [6.07, 6.45) is 0. The monoisotopic (exact) mass is 251 g/mol. The van der Waals surface area contributed by atoms with Gasteiger partial charge < -0.3 is 0 Å². The summed E-state index contributed by atoms with van der Waals surface area (Å²) in [6.45, 7) is 1.60. The number of carbonyl (C=O) groups is 3. The first-order valence-corrected chi connectivity index (χ1v) is 5.54. The molecule has 0 saturated carbocycles. The van der Waals surface area contributed by atoms with Crippen molar-refractivity contribution >= 4 is 28.7 Å². The highest BCUT2D eigenvalue weighted by molar-refractivity contribution is 6.64. The van der Waals surface area contributed by atoms with Crippen LogP contribution in [-0.2, 0) is 4.79 Å². The molecule has 0 spiro atoms. The quantitative estimate of drug-likeness (QED) is 0.607. The highest BCUT2D eigenvalue weighted by Crippen LogP contribution is 2.23. The zero-order valence-corrected chi connectivity index (χ0v) is 9.90. The average molecular weight is 252 g/mol. The SMILES string of the molecule is C[C@H](CN1C(=O)c2ccccc2C1=O)C(=O)Cl. The Balaban J connectivity index is 2.27. The predicted octanol–water partition coefficient (Wildman–Crippen LogP) is 1.68. The van der Waals surface area contributed by atoms with E-state index in [1.165, 1.54) is 0 Å². The third-order valence-electron chi connectivity index (χ3n) is 2.72. The van der Waals surface area contributed by atoms with Gasteiger partial charge in [0.1, 0.15) is 0 Å². The van der Waals surface area contributed by atoms with Crippen molar-refractivity contribution in [2.24, 2.45) is 5.92 Å². The molecule has 0 aromatic heterocycles. The number of amides is 2. The van der Waals surface area contributed by atoms with E-state index >= 15 is 0 Å². The van der Waals surface area contributed by atoms with Crippen LogP contribution in [-0.4, -0.2) is 28.5 Å². The first-order valence-electron chi connectivity index (χ1n) is 5.17. The summed E-state index contributed by atoms with van der Waals surface area (Å²) in [5, 5.41) is -0.554. The molecule has 0 bridgehead atoms. The first-order chi connectivity index (χ1) is 8.02. The molecule has 0 unspecified atom stereocenters. The standard InChI is InChI=1S/C12H10ClNO3/c1-7(10(13)15)6-14-11(16)8-4-2-3-5-9(8)12(14)17/h2-5,7H,6H2,1H3/t7-/m1/s1. The van der Waals surface area contributed by atoms with Crippen LogP contribution >= 0.6 is 11.6 Å². The fraction of sp³-hybridized carbons (Fsp3) is 0.250. The average Bonchev–Trinajstić information content (AvgIpc) is 2.55. The van der Waals surface area contributed by atoms with Crippen LogP contribution in [0.2, 0.25) is 0 Å². The molecule has 0 aliphatic carbocycles. The van der Waals surface area contributed by atoms with E-state index in [0.29, 0.717) is 11.1 Å². The van der Waals surface area contributed by atoms with E-state index in [-0.39, 0.29) is 18.4 Å². The van der Waals surface area contributed by atoms with Gasteiger partial charge in [-0.15, -0.1) is 0 Å². The second-order valence-corrected chi connectivity index (χ2v) is 4.34. The van der Waals surface area contributed by atoms with Gasteiger partial charge in [-0.2, -0.15) is 0 Å². The van der Waals surface area contributed by atoms with E-state index in [9.17, 15) is 14.4 Å². The molecule has 0 N–H and O–H groups in total. The van der Waals surface area contributed by atoms with Crippen molar-refractivity contribution in [3.8, 4) is 0 Å². The molecule has 2 amide bonds. The molecule has 2 rings (SSSR count). The molecule has 5 heteroatoms. The molecule has 1 aromatic carbocycles. The lowest BCUT2D eigenvalue weighted by Gasteiger charge is -2.16. The molecule has 88 valence electrons. The van der Waals surface area contributed by atoms with Crippen molar-refractivity contribution < 1.29 is 14.4 Å². The molecule has 0 radical (unpaired) electrons. The van der Waals surface area contributed by atoms with Crippen LogP contribution in [0.15, 0.2) is 24.3 Å². The Kier molecular flexibility index (Phi) is 2.98. The lowest BCUT2D eigenvalue weighted by Crippen LogP contribution is -2.35. The van der Waals surface area contributed by atoms with E-state index in [1.54, 1.807) is 31.2 Å². The van der Waals surface area contributed by atoms with Gasteiger partial charge in [0.2, 0.25) is 5.24 Å². The highest BCUT2D eigenvalue weighted by Gasteiger charge is 2.36. The van der Waals surface area contributed by atoms with Crippen molar-refractivity contribution in [3.05, 3.63) is 35.4 Å². The van der Waals surface area contributed by atoms with Crippen LogP contribution in [0.25, 0.3) is 0 Å². The number of fused-ring (bicyclic) bond motifs is 1. The van der Waals surface area contributed by atoms with Crippen molar-refractivity contribution in [3.63, 3.8) is 0 Å². The number of hydrogen-bond donors (Lipinski definition) is 0. The Morgan fingerprint density at radius 3 is 2.12 bits per heavy atom. The summed E-state index contributed by atoms with van der Waals surface area (Å²) >= 11 is 5.33. The Morgan fingerprint density at radius 2 is 1.71 bits per heavy atom. The van der Waals surface area contributed by atoms with E-state index in [1.807, 2.05) is 0 Å². The van der Waals surface area contributed by atoms with Crippen LogP contribution in [0.4, 0.5) is 0 Å². The molecule has 0 fully saturated rings. The molecule has 1 aliphatic rings. The lowest BCUT2D eigenvalue weighted by atomic mass is 10.1. The number of nitrogens with zero attached hydrogens (tertiary/aromatic N) is 1. The number of rotatable bonds is 3. The molecule has 1 heterocycles. The van der Waals surface area contributed by atoms with Crippen LogP contribution in [0.5, 0.6) is 0 Å². The zero-order valence-electron chi connectivity index (χ0n) is 9.14. The van der Waals surface area contributed by atoms with Gasteiger partial charge in [-0.05, 0) is 23.7 Å². The van der Waals surface area contributed by atoms with E-state index in [4.69, 9.17) is 11.6 Å². The number of benzene rings is 1. The minimum absolute atomic E-state index is 0.0225. The summed E-state index contributed by atoms with van der Waals surface area (Å²) < 4.78 is 0. The van der Waals surface area contributed by atoms with Gasteiger partial charge in [0.05, 0.1) is 11.1 Å². The van der Waals surface area contributed by atoms with Crippen molar-refractivity contribution in [2.45, 2.75) is 6.92 Å². The van der Waals surface area contributed by atoms with Crippen LogP contribution in [0.1, 0.15) is 27.6 Å². The van der Waals surface area contributed by atoms with Gasteiger partial charge in [-0.25, -0.2) is 0 Å².